The highest BCUT2D eigenvalue weighted by Gasteiger charge is 2.50. The monoisotopic (exact) mass is 730 g/mol. The minimum Gasteiger partial charge on any atom is -0.444 e. The molecular formula is C34H62N6O9S. The first-order chi connectivity index (χ1) is 23.6. The number of rotatable bonds is 18. The van der Waals surface area contributed by atoms with E-state index in [1.807, 2.05) is 6.92 Å². The van der Waals surface area contributed by atoms with E-state index < -0.39 is 63.5 Å². The molecule has 3 rings (SSSR count). The summed E-state index contributed by atoms with van der Waals surface area (Å²) in [6.45, 7) is 14.8. The Bertz CT molecular complexity index is 1250. The summed E-state index contributed by atoms with van der Waals surface area (Å²) in [5, 5.41) is 2.41. The molecule has 2 bridgehead atoms. The number of nitrogens with one attached hydrogen (secondary N) is 2. The number of fused-ring (bicyclic) bond motifs is 2. The smallest absolute Gasteiger partial charge is 0.437 e. The Kier molecular flexibility index (Phi) is 15.6. The summed E-state index contributed by atoms with van der Waals surface area (Å²) in [5.41, 5.74) is 3.73. The first kappa shape index (κ1) is 41.7. The Balaban J connectivity index is 1.64. The third-order valence-corrected chi connectivity index (χ3v) is 10.4. The number of likely N-dealkylation sites (tertiary alicyclic amines) is 1. The fraction of sp³-hybridized carbons (Fsp3) is 0.882. The van der Waals surface area contributed by atoms with Crippen molar-refractivity contribution in [1.29, 1.82) is 0 Å². The number of amides is 5. The SMILES string of the molecule is CCCCN(OS(=O)(=O)ON1C(=O)N2CC1CC[C@H]2C(=O)NNC(=O)[C@@H]1CCCN(C(=O)OC(C)(C)C)C1)C(CCC)(CCCC)CCCC. The molecule has 0 aromatic rings. The van der Waals surface area contributed by atoms with Gasteiger partial charge in [0.25, 0.3) is 5.91 Å². The molecule has 3 aliphatic rings. The second-order valence-corrected chi connectivity index (χ2v) is 16.1. The van der Waals surface area contributed by atoms with E-state index in [9.17, 15) is 27.6 Å². The first-order valence-electron chi connectivity index (χ1n) is 18.7. The normalized spacial score (nSPS) is 21.5. The third kappa shape index (κ3) is 11.4. The molecule has 0 spiro atoms. The van der Waals surface area contributed by atoms with E-state index in [1.165, 1.54) is 9.80 Å². The van der Waals surface area contributed by atoms with Crippen molar-refractivity contribution in [2.45, 2.75) is 162 Å². The maximum Gasteiger partial charge on any atom is 0.437 e. The number of carbonyl (C=O) groups is 4. The fourth-order valence-electron chi connectivity index (χ4n) is 7.10. The van der Waals surface area contributed by atoms with Crippen LogP contribution in [0.5, 0.6) is 0 Å². The van der Waals surface area contributed by atoms with Crippen molar-refractivity contribution in [1.82, 2.24) is 30.8 Å². The van der Waals surface area contributed by atoms with Crippen LogP contribution in [-0.2, 0) is 33.3 Å². The molecule has 3 fully saturated rings. The number of hydroxylamine groups is 4. The zero-order chi connectivity index (χ0) is 37.1. The maximum absolute atomic E-state index is 13.5. The van der Waals surface area contributed by atoms with E-state index in [2.05, 4.69) is 31.6 Å². The van der Waals surface area contributed by atoms with E-state index in [4.69, 9.17) is 13.3 Å². The standard InChI is InChI=1S/C34H62N6O9S/c1-8-12-20-34(19-11-4,21-13-9-2)39(23-14-10-3)48-50(45,46)49-40-27-17-18-28(38(25-27)31(40)43)30(42)36-35-29(41)26-16-15-22-37(24-26)32(44)47-33(5,6)7/h26-28H,8-25H2,1-7H3,(H,35,41)(H,36,42)/t26-,27?,28+/m1/s1. The van der Waals surface area contributed by atoms with E-state index in [0.29, 0.717) is 32.4 Å². The second-order valence-electron chi connectivity index (χ2n) is 14.9. The number of hydrazine groups is 1. The third-order valence-electron chi connectivity index (χ3n) is 9.68. The van der Waals surface area contributed by atoms with Crippen molar-refractivity contribution in [2.24, 2.45) is 5.92 Å². The Labute approximate surface area is 299 Å². The van der Waals surface area contributed by atoms with Gasteiger partial charge < -0.3 is 14.5 Å². The molecule has 288 valence electrons. The predicted molar refractivity (Wildman–Crippen MR) is 187 cm³/mol. The molecule has 0 saturated carbocycles. The van der Waals surface area contributed by atoms with E-state index in [-0.39, 0.29) is 19.5 Å². The van der Waals surface area contributed by atoms with Crippen molar-refractivity contribution in [2.75, 3.05) is 26.2 Å². The number of nitrogens with zero attached hydrogens (tertiary/aromatic N) is 4. The fourth-order valence-corrected chi connectivity index (χ4v) is 7.96. The second kappa shape index (κ2) is 18.7. The number of carbonyl (C=O) groups excluding carboxylic acids is 4. The van der Waals surface area contributed by atoms with Gasteiger partial charge in [0.05, 0.1) is 12.0 Å². The molecule has 16 heteroatoms. The lowest BCUT2D eigenvalue weighted by Crippen LogP contribution is -2.56. The minimum absolute atomic E-state index is 0.0835. The van der Waals surface area contributed by atoms with Gasteiger partial charge in [0, 0.05) is 31.7 Å². The van der Waals surface area contributed by atoms with Crippen molar-refractivity contribution in [3.63, 3.8) is 0 Å². The van der Waals surface area contributed by atoms with Gasteiger partial charge >= 0.3 is 22.5 Å². The Morgan fingerprint density at radius 1 is 0.860 bits per heavy atom. The van der Waals surface area contributed by atoms with Crippen LogP contribution in [0.4, 0.5) is 9.59 Å². The molecule has 3 aliphatic heterocycles. The Morgan fingerprint density at radius 3 is 2.10 bits per heavy atom. The van der Waals surface area contributed by atoms with Crippen LogP contribution in [0.1, 0.15) is 138 Å². The lowest BCUT2D eigenvalue weighted by Gasteiger charge is -2.43. The van der Waals surface area contributed by atoms with E-state index in [1.54, 1.807) is 25.8 Å². The summed E-state index contributed by atoms with van der Waals surface area (Å²) >= 11 is 0. The molecule has 3 saturated heterocycles. The van der Waals surface area contributed by atoms with E-state index >= 15 is 0 Å². The highest BCUT2D eigenvalue weighted by Crippen LogP contribution is 2.36. The molecule has 3 atom stereocenters. The summed E-state index contributed by atoms with van der Waals surface area (Å²) in [6.07, 6.45) is 9.74. The van der Waals surface area contributed by atoms with Crippen molar-refractivity contribution >= 4 is 34.3 Å². The van der Waals surface area contributed by atoms with Gasteiger partial charge in [-0.15, -0.1) is 4.28 Å². The number of piperidine rings is 2. The molecule has 0 aromatic carbocycles. The van der Waals surface area contributed by atoms with Crippen LogP contribution < -0.4 is 10.9 Å². The molecule has 0 aromatic heterocycles. The lowest BCUT2D eigenvalue weighted by molar-refractivity contribution is -0.172. The summed E-state index contributed by atoms with van der Waals surface area (Å²) in [6, 6.07) is -2.30. The van der Waals surface area contributed by atoms with Crippen LogP contribution in [0.2, 0.25) is 0 Å². The quantitative estimate of drug-likeness (QED) is 0.180. The number of urea groups is 1. The summed E-state index contributed by atoms with van der Waals surface area (Å²) in [4.78, 5) is 54.9. The molecular weight excluding hydrogens is 668 g/mol. The number of hydrogen-bond donors (Lipinski definition) is 2. The van der Waals surface area contributed by atoms with Gasteiger partial charge in [-0.25, -0.2) is 9.59 Å². The molecule has 5 amide bonds. The Hall–Kier alpha value is -2.69. The molecule has 3 heterocycles. The van der Waals surface area contributed by atoms with Crippen LogP contribution in [-0.4, -0.2) is 102 Å². The highest BCUT2D eigenvalue weighted by atomic mass is 32.3. The maximum atomic E-state index is 13.5. The zero-order valence-corrected chi connectivity index (χ0v) is 32.1. The lowest BCUT2D eigenvalue weighted by atomic mass is 9.82. The van der Waals surface area contributed by atoms with Crippen molar-refractivity contribution < 1.29 is 40.9 Å². The highest BCUT2D eigenvalue weighted by molar-refractivity contribution is 7.81. The summed E-state index contributed by atoms with van der Waals surface area (Å²) in [5.74, 6) is -1.61. The molecule has 2 N–H and O–H groups in total. The summed E-state index contributed by atoms with van der Waals surface area (Å²) in [7, 11) is -4.70. The van der Waals surface area contributed by atoms with Gasteiger partial charge in [0.15, 0.2) is 0 Å². The molecule has 0 radical (unpaired) electrons. The molecule has 0 aliphatic carbocycles. The van der Waals surface area contributed by atoms with Crippen LogP contribution in [0, 0.1) is 5.92 Å². The average Bonchev–Trinajstić information content (AvgIpc) is 3.29. The number of hydrogen-bond acceptors (Lipinski definition) is 10. The van der Waals surface area contributed by atoms with Crippen LogP contribution in [0.3, 0.4) is 0 Å². The molecule has 50 heavy (non-hydrogen) atoms. The van der Waals surface area contributed by atoms with Gasteiger partial charge in [-0.1, -0.05) is 66.2 Å². The van der Waals surface area contributed by atoms with Crippen LogP contribution >= 0.6 is 0 Å². The van der Waals surface area contributed by atoms with E-state index in [0.717, 1.165) is 69.3 Å². The largest absolute Gasteiger partial charge is 0.444 e. The van der Waals surface area contributed by atoms with Gasteiger partial charge in [-0.3, -0.25) is 20.4 Å². The minimum atomic E-state index is -4.70. The van der Waals surface area contributed by atoms with Crippen molar-refractivity contribution in [3.8, 4) is 0 Å². The summed E-state index contributed by atoms with van der Waals surface area (Å²) < 4.78 is 43.6. The van der Waals surface area contributed by atoms with Gasteiger partial charge in [0.2, 0.25) is 5.91 Å². The van der Waals surface area contributed by atoms with Crippen LogP contribution in [0.25, 0.3) is 0 Å². The van der Waals surface area contributed by atoms with Crippen molar-refractivity contribution in [3.05, 3.63) is 0 Å². The van der Waals surface area contributed by atoms with Gasteiger partial charge in [-0.05, 0) is 72.1 Å². The topological polar surface area (TPSA) is 167 Å². The zero-order valence-electron chi connectivity index (χ0n) is 31.3. The molecule has 1 unspecified atom stereocenters. The average molecular weight is 731 g/mol. The number of unbranched alkanes of at least 4 members (excludes halogenated alkanes) is 3. The van der Waals surface area contributed by atoms with Gasteiger partial charge in [-0.2, -0.15) is 22.8 Å². The number of ether oxygens (including phenoxy) is 1. The van der Waals surface area contributed by atoms with Crippen LogP contribution in [0.15, 0.2) is 0 Å². The Morgan fingerprint density at radius 2 is 1.50 bits per heavy atom. The predicted octanol–water partition coefficient (Wildman–Crippen LogP) is 5.18. The van der Waals surface area contributed by atoms with Gasteiger partial charge in [0.1, 0.15) is 11.6 Å². The molecule has 15 nitrogen and oxygen atoms in total. The first-order valence-corrected chi connectivity index (χ1v) is 20.0.